The van der Waals surface area contributed by atoms with Crippen LogP contribution in [-0.4, -0.2) is 43.5 Å². The van der Waals surface area contributed by atoms with Crippen LogP contribution in [0.15, 0.2) is 24.3 Å². The molecule has 0 spiro atoms. The van der Waals surface area contributed by atoms with Crippen molar-refractivity contribution in [3.63, 3.8) is 0 Å². The van der Waals surface area contributed by atoms with E-state index < -0.39 is 0 Å². The maximum absolute atomic E-state index is 12.3. The molecular formula is C15H23N3O. The van der Waals surface area contributed by atoms with Crippen molar-refractivity contribution in [2.45, 2.75) is 25.8 Å². The van der Waals surface area contributed by atoms with Gasteiger partial charge in [0.05, 0.1) is 5.56 Å². The molecule has 1 aliphatic heterocycles. The van der Waals surface area contributed by atoms with Gasteiger partial charge >= 0.3 is 0 Å². The number of likely N-dealkylation sites (tertiary alicyclic amines) is 1. The summed E-state index contributed by atoms with van der Waals surface area (Å²) in [6.07, 6.45) is 2.08. The molecule has 1 fully saturated rings. The molecule has 2 rings (SSSR count). The highest BCUT2D eigenvalue weighted by Crippen LogP contribution is 2.16. The Morgan fingerprint density at radius 3 is 2.89 bits per heavy atom. The number of hydrogen-bond acceptors (Lipinski definition) is 3. The number of hydrogen-bond donors (Lipinski definition) is 2. The minimum Gasteiger partial charge on any atom is -0.384 e. The number of likely N-dealkylation sites (N-methyl/N-ethyl adjacent to an activating group) is 1. The fraction of sp³-hybridized carbons (Fsp3) is 0.533. The summed E-state index contributed by atoms with van der Waals surface area (Å²) in [5.41, 5.74) is 1.67. The summed E-state index contributed by atoms with van der Waals surface area (Å²) < 4.78 is 0. The summed E-state index contributed by atoms with van der Waals surface area (Å²) in [7, 11) is 2.09. The van der Waals surface area contributed by atoms with Crippen molar-refractivity contribution in [3.8, 4) is 0 Å². The Kier molecular flexibility index (Phi) is 4.80. The fourth-order valence-corrected chi connectivity index (χ4v) is 2.41. The first-order chi connectivity index (χ1) is 9.20. The molecule has 1 atom stereocenters. The van der Waals surface area contributed by atoms with E-state index in [4.69, 9.17) is 0 Å². The van der Waals surface area contributed by atoms with Gasteiger partial charge in [-0.3, -0.25) is 4.79 Å². The second kappa shape index (κ2) is 6.57. The second-order valence-electron chi connectivity index (χ2n) is 5.19. The third-order valence-electron chi connectivity index (χ3n) is 3.46. The van der Waals surface area contributed by atoms with E-state index in [2.05, 4.69) is 29.5 Å². The topological polar surface area (TPSA) is 44.4 Å². The van der Waals surface area contributed by atoms with Gasteiger partial charge in [0.25, 0.3) is 5.91 Å². The summed E-state index contributed by atoms with van der Waals surface area (Å²) in [6, 6.07) is 7.99. The maximum atomic E-state index is 12.3. The lowest BCUT2D eigenvalue weighted by Crippen LogP contribution is -2.36. The van der Waals surface area contributed by atoms with E-state index in [1.165, 1.54) is 0 Å². The number of benzene rings is 1. The van der Waals surface area contributed by atoms with Gasteiger partial charge in [-0.05, 0) is 38.6 Å². The van der Waals surface area contributed by atoms with Crippen molar-refractivity contribution < 1.29 is 4.79 Å². The summed E-state index contributed by atoms with van der Waals surface area (Å²) in [4.78, 5) is 14.6. The standard InChI is InChI=1S/C15H23N3O/c1-3-9-16-14-7-5-4-6-13(14)15(19)17-12-8-10-18(2)11-12/h4-7,12,16H,3,8-11H2,1-2H3,(H,17,19). The molecule has 1 aromatic carbocycles. The lowest BCUT2D eigenvalue weighted by atomic mass is 10.1. The Labute approximate surface area is 115 Å². The van der Waals surface area contributed by atoms with E-state index in [0.29, 0.717) is 0 Å². The third kappa shape index (κ3) is 3.70. The highest BCUT2D eigenvalue weighted by atomic mass is 16.1. The van der Waals surface area contributed by atoms with E-state index in [1.54, 1.807) is 0 Å². The molecule has 0 aromatic heterocycles. The van der Waals surface area contributed by atoms with Gasteiger partial charge in [0.15, 0.2) is 0 Å². The number of amides is 1. The molecule has 1 saturated heterocycles. The molecule has 0 radical (unpaired) electrons. The zero-order valence-electron chi connectivity index (χ0n) is 11.8. The van der Waals surface area contributed by atoms with Gasteiger partial charge in [0.2, 0.25) is 0 Å². The van der Waals surface area contributed by atoms with Crippen LogP contribution in [0.1, 0.15) is 30.1 Å². The summed E-state index contributed by atoms with van der Waals surface area (Å²) >= 11 is 0. The van der Waals surface area contributed by atoms with Gasteiger partial charge in [0.1, 0.15) is 0 Å². The number of anilines is 1. The first kappa shape index (κ1) is 13.9. The van der Waals surface area contributed by atoms with Crippen molar-refractivity contribution in [1.29, 1.82) is 0 Å². The maximum Gasteiger partial charge on any atom is 0.253 e. The average molecular weight is 261 g/mol. The Hall–Kier alpha value is -1.55. The van der Waals surface area contributed by atoms with E-state index in [9.17, 15) is 4.79 Å². The van der Waals surface area contributed by atoms with E-state index in [-0.39, 0.29) is 11.9 Å². The Balaban J connectivity index is 2.01. The summed E-state index contributed by atoms with van der Waals surface area (Å²) in [6.45, 7) is 5.00. The Bertz CT molecular complexity index is 433. The normalized spacial score (nSPS) is 19.4. The first-order valence-electron chi connectivity index (χ1n) is 7.03. The molecule has 0 bridgehead atoms. The molecule has 2 N–H and O–H groups in total. The predicted octanol–water partition coefficient (Wildman–Crippen LogP) is 1.94. The number of carbonyl (C=O) groups is 1. The van der Waals surface area contributed by atoms with Gasteiger partial charge in [-0.2, -0.15) is 0 Å². The SMILES string of the molecule is CCCNc1ccccc1C(=O)NC1CCN(C)C1. The molecule has 1 aromatic rings. The van der Waals surface area contributed by atoms with Crippen LogP contribution in [-0.2, 0) is 0 Å². The van der Waals surface area contributed by atoms with Crippen molar-refractivity contribution in [3.05, 3.63) is 29.8 Å². The van der Waals surface area contributed by atoms with Crippen LogP contribution in [0.4, 0.5) is 5.69 Å². The molecule has 4 nitrogen and oxygen atoms in total. The molecule has 4 heteroatoms. The third-order valence-corrected chi connectivity index (χ3v) is 3.46. The average Bonchev–Trinajstić information content (AvgIpc) is 2.82. The quantitative estimate of drug-likeness (QED) is 0.851. The summed E-state index contributed by atoms with van der Waals surface area (Å²) in [5, 5.41) is 6.43. The van der Waals surface area contributed by atoms with E-state index >= 15 is 0 Å². The molecular weight excluding hydrogens is 238 g/mol. The van der Waals surface area contributed by atoms with Gasteiger partial charge in [-0.1, -0.05) is 19.1 Å². The lowest BCUT2D eigenvalue weighted by molar-refractivity contribution is 0.0939. The minimum atomic E-state index is 0.0273. The zero-order chi connectivity index (χ0) is 13.7. The smallest absolute Gasteiger partial charge is 0.253 e. The van der Waals surface area contributed by atoms with Gasteiger partial charge in [0, 0.05) is 24.8 Å². The van der Waals surface area contributed by atoms with Crippen LogP contribution in [0.25, 0.3) is 0 Å². The predicted molar refractivity (Wildman–Crippen MR) is 78.6 cm³/mol. The fourth-order valence-electron chi connectivity index (χ4n) is 2.41. The van der Waals surface area contributed by atoms with Gasteiger partial charge in [-0.15, -0.1) is 0 Å². The van der Waals surface area contributed by atoms with E-state index in [0.717, 1.165) is 43.7 Å². The second-order valence-corrected chi connectivity index (χ2v) is 5.19. The molecule has 0 aliphatic carbocycles. The van der Waals surface area contributed by atoms with Crippen LogP contribution in [0, 0.1) is 0 Å². The molecule has 1 unspecified atom stereocenters. The van der Waals surface area contributed by atoms with E-state index in [1.807, 2.05) is 24.3 Å². The molecule has 1 amide bonds. The first-order valence-corrected chi connectivity index (χ1v) is 7.03. The Morgan fingerprint density at radius 2 is 2.21 bits per heavy atom. The number of nitrogens with one attached hydrogen (secondary N) is 2. The highest BCUT2D eigenvalue weighted by Gasteiger charge is 2.22. The lowest BCUT2D eigenvalue weighted by Gasteiger charge is -2.15. The summed E-state index contributed by atoms with van der Waals surface area (Å²) in [5.74, 6) is 0.0273. The minimum absolute atomic E-state index is 0.0273. The Morgan fingerprint density at radius 1 is 1.42 bits per heavy atom. The number of para-hydroxylation sites is 1. The van der Waals surface area contributed by atoms with Gasteiger partial charge < -0.3 is 15.5 Å². The van der Waals surface area contributed by atoms with Crippen molar-refractivity contribution in [2.24, 2.45) is 0 Å². The van der Waals surface area contributed by atoms with Crippen LogP contribution < -0.4 is 10.6 Å². The van der Waals surface area contributed by atoms with Crippen molar-refractivity contribution in [2.75, 3.05) is 32.0 Å². The van der Waals surface area contributed by atoms with Crippen molar-refractivity contribution >= 4 is 11.6 Å². The highest BCUT2D eigenvalue weighted by molar-refractivity contribution is 5.99. The molecule has 19 heavy (non-hydrogen) atoms. The molecule has 0 saturated carbocycles. The molecule has 104 valence electrons. The van der Waals surface area contributed by atoms with Gasteiger partial charge in [-0.25, -0.2) is 0 Å². The van der Waals surface area contributed by atoms with Crippen LogP contribution in [0.5, 0.6) is 0 Å². The molecule has 1 aliphatic rings. The van der Waals surface area contributed by atoms with Crippen LogP contribution in [0.2, 0.25) is 0 Å². The molecule has 1 heterocycles. The van der Waals surface area contributed by atoms with Crippen LogP contribution >= 0.6 is 0 Å². The van der Waals surface area contributed by atoms with Crippen molar-refractivity contribution in [1.82, 2.24) is 10.2 Å². The number of carbonyl (C=O) groups excluding carboxylic acids is 1. The largest absolute Gasteiger partial charge is 0.384 e. The number of nitrogens with zero attached hydrogens (tertiary/aromatic N) is 1. The monoisotopic (exact) mass is 261 g/mol. The van der Waals surface area contributed by atoms with Crippen LogP contribution in [0.3, 0.4) is 0 Å². The zero-order valence-corrected chi connectivity index (χ0v) is 11.8. The number of rotatable bonds is 5.